The third-order valence-corrected chi connectivity index (χ3v) is 5.03. The van der Waals surface area contributed by atoms with Crippen molar-refractivity contribution in [3.05, 3.63) is 29.6 Å². The molecule has 1 heterocycles. The molecule has 7 heteroatoms. The van der Waals surface area contributed by atoms with Gasteiger partial charge >= 0.3 is 5.97 Å². The highest BCUT2D eigenvalue weighted by Gasteiger charge is 2.25. The van der Waals surface area contributed by atoms with Crippen molar-refractivity contribution in [1.82, 2.24) is 0 Å². The summed E-state index contributed by atoms with van der Waals surface area (Å²) in [6, 6.07) is 3.48. The van der Waals surface area contributed by atoms with E-state index in [0.717, 1.165) is 6.07 Å². The molecular weight excluding hydrogens is 285 g/mol. The van der Waals surface area contributed by atoms with Gasteiger partial charge in [0.05, 0.1) is 29.9 Å². The van der Waals surface area contributed by atoms with Crippen molar-refractivity contribution in [3.63, 3.8) is 0 Å². The third kappa shape index (κ3) is 3.47. The largest absolute Gasteiger partial charge is 0.465 e. The normalized spacial score (nSPS) is 21.2. The number of halogens is 1. The predicted molar refractivity (Wildman–Crippen MR) is 73.0 cm³/mol. The minimum absolute atomic E-state index is 0.0190. The van der Waals surface area contributed by atoms with Gasteiger partial charge in [-0.1, -0.05) is 0 Å². The Morgan fingerprint density at radius 1 is 1.45 bits per heavy atom. The molecule has 0 aliphatic carbocycles. The number of carbonyl (C=O) groups is 1. The average molecular weight is 301 g/mol. The van der Waals surface area contributed by atoms with Gasteiger partial charge in [0.2, 0.25) is 0 Å². The minimum Gasteiger partial charge on any atom is -0.465 e. The zero-order valence-electron chi connectivity index (χ0n) is 11.1. The average Bonchev–Trinajstić information content (AvgIpc) is 2.39. The van der Waals surface area contributed by atoms with E-state index in [1.807, 2.05) is 0 Å². The maximum atomic E-state index is 13.7. The van der Waals surface area contributed by atoms with Gasteiger partial charge in [-0.3, -0.25) is 0 Å². The fraction of sp³-hybridized carbons (Fsp3) is 0.462. The van der Waals surface area contributed by atoms with Gasteiger partial charge in [0.15, 0.2) is 9.84 Å². The second-order valence-electron chi connectivity index (χ2n) is 4.78. The number of carbonyl (C=O) groups excluding carboxylic acids is 1. The molecule has 20 heavy (non-hydrogen) atoms. The molecule has 0 radical (unpaired) electrons. The molecule has 110 valence electrons. The van der Waals surface area contributed by atoms with Gasteiger partial charge in [-0.15, -0.1) is 0 Å². The lowest BCUT2D eigenvalue weighted by atomic mass is 10.1. The summed E-state index contributed by atoms with van der Waals surface area (Å²) in [7, 11) is -1.83. The first kappa shape index (κ1) is 14.8. The van der Waals surface area contributed by atoms with Gasteiger partial charge in [0.25, 0.3) is 0 Å². The molecule has 0 bridgehead atoms. The lowest BCUT2D eigenvalue weighted by Gasteiger charge is -2.24. The van der Waals surface area contributed by atoms with Crippen LogP contribution >= 0.6 is 0 Å². The van der Waals surface area contributed by atoms with Gasteiger partial charge in [0.1, 0.15) is 5.82 Å². The van der Waals surface area contributed by atoms with Crippen LogP contribution in [0.15, 0.2) is 18.2 Å². The second kappa shape index (κ2) is 5.78. The topological polar surface area (TPSA) is 72.5 Å². The molecule has 0 amide bonds. The molecule has 2 rings (SSSR count). The Balaban J connectivity index is 2.18. The van der Waals surface area contributed by atoms with Crippen LogP contribution in [0.25, 0.3) is 0 Å². The number of sulfone groups is 1. The highest BCUT2D eigenvalue weighted by atomic mass is 32.2. The van der Waals surface area contributed by atoms with Gasteiger partial charge in [-0.2, -0.15) is 0 Å². The van der Waals surface area contributed by atoms with Crippen molar-refractivity contribution in [1.29, 1.82) is 0 Å². The summed E-state index contributed by atoms with van der Waals surface area (Å²) in [5.74, 6) is -0.935. The maximum absolute atomic E-state index is 13.7. The van der Waals surface area contributed by atoms with Crippen molar-refractivity contribution < 1.29 is 22.3 Å². The number of hydrogen-bond donors (Lipinski definition) is 1. The number of hydrogen-bond acceptors (Lipinski definition) is 5. The van der Waals surface area contributed by atoms with Crippen molar-refractivity contribution >= 4 is 21.5 Å². The summed E-state index contributed by atoms with van der Waals surface area (Å²) in [5.41, 5.74) is 0.338. The van der Waals surface area contributed by atoms with E-state index in [1.54, 1.807) is 0 Å². The Kier molecular flexibility index (Phi) is 4.27. The fourth-order valence-electron chi connectivity index (χ4n) is 2.24. The number of nitrogens with one attached hydrogen (secondary N) is 1. The van der Waals surface area contributed by atoms with Crippen LogP contribution in [0.2, 0.25) is 0 Å². The van der Waals surface area contributed by atoms with Crippen LogP contribution in [0.4, 0.5) is 10.1 Å². The molecule has 1 unspecified atom stereocenters. The Hall–Kier alpha value is -1.63. The Morgan fingerprint density at radius 2 is 2.20 bits per heavy atom. The molecule has 1 aromatic carbocycles. The third-order valence-electron chi connectivity index (χ3n) is 3.21. The highest BCUT2D eigenvalue weighted by Crippen LogP contribution is 2.21. The van der Waals surface area contributed by atoms with Crippen molar-refractivity contribution in [3.8, 4) is 0 Å². The van der Waals surface area contributed by atoms with Gasteiger partial charge in [0, 0.05) is 6.04 Å². The molecule has 0 spiro atoms. The summed E-state index contributed by atoms with van der Waals surface area (Å²) in [4.78, 5) is 11.4. The number of methoxy groups -OCH3 is 1. The summed E-state index contributed by atoms with van der Waals surface area (Å²) >= 11 is 0. The molecule has 1 atom stereocenters. The van der Waals surface area contributed by atoms with Crippen molar-refractivity contribution in [2.45, 2.75) is 18.9 Å². The van der Waals surface area contributed by atoms with E-state index in [9.17, 15) is 17.6 Å². The second-order valence-corrected chi connectivity index (χ2v) is 7.01. The maximum Gasteiger partial charge on any atom is 0.337 e. The van der Waals surface area contributed by atoms with Crippen LogP contribution in [-0.4, -0.2) is 39.0 Å². The minimum atomic E-state index is -3.07. The first-order chi connectivity index (χ1) is 9.41. The molecule has 1 aromatic rings. The monoisotopic (exact) mass is 301 g/mol. The molecule has 1 N–H and O–H groups in total. The quantitative estimate of drug-likeness (QED) is 0.859. The number of anilines is 1. The van der Waals surface area contributed by atoms with Gasteiger partial charge in [-0.25, -0.2) is 17.6 Å². The first-order valence-electron chi connectivity index (χ1n) is 6.26. The standard InChI is InChI=1S/C13H16FNO4S/c1-19-13(16)9-4-5-11(14)12(7-9)15-10-3-2-6-20(17,18)8-10/h4-5,7,10,15H,2-3,6,8H2,1H3. The highest BCUT2D eigenvalue weighted by molar-refractivity contribution is 7.91. The predicted octanol–water partition coefficient (Wildman–Crippen LogP) is 1.60. The van der Waals surface area contributed by atoms with E-state index in [4.69, 9.17) is 0 Å². The molecule has 1 saturated heterocycles. The number of esters is 1. The summed E-state index contributed by atoms with van der Waals surface area (Å²) in [5, 5.41) is 2.86. The Morgan fingerprint density at radius 3 is 2.85 bits per heavy atom. The molecule has 0 saturated carbocycles. The van der Waals surface area contributed by atoms with Crippen molar-refractivity contribution in [2.75, 3.05) is 23.9 Å². The summed E-state index contributed by atoms with van der Waals surface area (Å²) in [6.07, 6.45) is 1.21. The smallest absolute Gasteiger partial charge is 0.337 e. The van der Waals surface area contributed by atoms with Crippen molar-refractivity contribution in [2.24, 2.45) is 0 Å². The lowest BCUT2D eigenvalue weighted by Crippen LogP contribution is -2.35. The molecule has 0 aromatic heterocycles. The zero-order chi connectivity index (χ0) is 14.8. The summed E-state index contributed by atoms with van der Waals surface area (Å²) < 4.78 is 41.4. The Labute approximate surface area is 117 Å². The lowest BCUT2D eigenvalue weighted by molar-refractivity contribution is 0.0600. The summed E-state index contributed by atoms with van der Waals surface area (Å²) in [6.45, 7) is 0. The van der Waals surface area contributed by atoms with E-state index in [0.29, 0.717) is 12.8 Å². The van der Waals surface area contributed by atoms with E-state index in [-0.39, 0.29) is 28.8 Å². The number of rotatable bonds is 3. The van der Waals surface area contributed by atoms with Crippen LogP contribution in [0.1, 0.15) is 23.2 Å². The zero-order valence-corrected chi connectivity index (χ0v) is 11.9. The SMILES string of the molecule is COC(=O)c1ccc(F)c(NC2CCCS(=O)(=O)C2)c1. The fourth-order valence-corrected chi connectivity index (χ4v) is 3.87. The Bertz CT molecular complexity index is 615. The number of benzene rings is 1. The van der Waals surface area contributed by atoms with Crippen LogP contribution in [0, 0.1) is 5.82 Å². The van der Waals surface area contributed by atoms with Gasteiger partial charge < -0.3 is 10.1 Å². The number of ether oxygens (including phenoxy) is 1. The first-order valence-corrected chi connectivity index (χ1v) is 8.08. The van der Waals surface area contributed by atoms with E-state index < -0.39 is 21.6 Å². The van der Waals surface area contributed by atoms with E-state index in [1.165, 1.54) is 19.2 Å². The van der Waals surface area contributed by atoms with Crippen LogP contribution in [0.3, 0.4) is 0 Å². The molecule has 1 fully saturated rings. The van der Waals surface area contributed by atoms with Crippen LogP contribution < -0.4 is 5.32 Å². The molecular formula is C13H16FNO4S. The van der Waals surface area contributed by atoms with Crippen LogP contribution in [0.5, 0.6) is 0 Å². The van der Waals surface area contributed by atoms with Crippen LogP contribution in [-0.2, 0) is 14.6 Å². The molecule has 5 nitrogen and oxygen atoms in total. The molecule has 1 aliphatic rings. The molecule has 1 aliphatic heterocycles. The van der Waals surface area contributed by atoms with E-state index >= 15 is 0 Å². The van der Waals surface area contributed by atoms with Gasteiger partial charge in [-0.05, 0) is 31.0 Å². The van der Waals surface area contributed by atoms with E-state index in [2.05, 4.69) is 10.1 Å².